The van der Waals surface area contributed by atoms with Crippen LogP contribution in [-0.4, -0.2) is 74.3 Å². The summed E-state index contributed by atoms with van der Waals surface area (Å²) in [5.74, 6) is -0.508. The summed E-state index contributed by atoms with van der Waals surface area (Å²) < 4.78 is 30.6. The third kappa shape index (κ3) is 51.0. The molecule has 0 spiro atoms. The number of allylic oxidation sites excluding steroid dienone is 5. The maximum absolute atomic E-state index is 13.5. The highest BCUT2D eigenvalue weighted by Crippen LogP contribution is 2.43. The molecule has 0 saturated heterocycles. The molecule has 0 aliphatic carbocycles. The van der Waals surface area contributed by atoms with Crippen molar-refractivity contribution in [3.63, 3.8) is 0 Å². The Labute approximate surface area is 427 Å². The largest absolute Gasteiger partial charge is 0.472 e. The Balaban J connectivity index is 5.36. The minimum Gasteiger partial charge on any atom is -0.456 e. The Bertz CT molecular complexity index is 1280. The smallest absolute Gasteiger partial charge is 0.456 e. The molecule has 0 saturated carbocycles. The molecule has 406 valence electrons. The molecule has 0 radical (unpaired) electrons. The molecule has 0 aliphatic rings. The van der Waals surface area contributed by atoms with E-state index in [0.717, 1.165) is 77.0 Å². The van der Waals surface area contributed by atoms with E-state index in [1.54, 1.807) is 0 Å². The van der Waals surface area contributed by atoms with Gasteiger partial charge in [-0.1, -0.05) is 244 Å². The summed E-state index contributed by atoms with van der Waals surface area (Å²) in [6.45, 7) is 7.00. The summed E-state index contributed by atoms with van der Waals surface area (Å²) >= 11 is 0. The number of carbonyl (C=O) groups excluding carboxylic acids is 2. The second kappa shape index (κ2) is 49.8. The van der Waals surface area contributed by atoms with Crippen LogP contribution in [0.4, 0.5) is 0 Å². The average molecular weight is 995 g/mol. The number of nitrogens with zero attached hydrogens (tertiary/aromatic N) is 1. The Morgan fingerprint density at radius 2 is 0.870 bits per heavy atom. The maximum atomic E-state index is 13.5. The molecule has 9 nitrogen and oxygen atoms in total. The lowest BCUT2D eigenvalue weighted by Gasteiger charge is -2.27. The highest BCUT2D eigenvalue weighted by Gasteiger charge is 2.30. The van der Waals surface area contributed by atoms with Gasteiger partial charge in [0.2, 0.25) is 5.91 Å². The number of quaternary nitrogens is 1. The Morgan fingerprint density at radius 3 is 1.30 bits per heavy atom. The molecule has 0 aromatic heterocycles. The van der Waals surface area contributed by atoms with Gasteiger partial charge in [-0.2, -0.15) is 0 Å². The van der Waals surface area contributed by atoms with E-state index in [1.165, 1.54) is 167 Å². The molecule has 1 amide bonds. The topological polar surface area (TPSA) is 111 Å². The van der Waals surface area contributed by atoms with Crippen molar-refractivity contribution in [1.82, 2.24) is 5.32 Å². The van der Waals surface area contributed by atoms with Crippen LogP contribution in [0.3, 0.4) is 0 Å². The van der Waals surface area contributed by atoms with Crippen molar-refractivity contribution in [1.29, 1.82) is 0 Å². The molecule has 0 bridgehead atoms. The number of nitrogens with one attached hydrogen (secondary N) is 1. The number of carbonyl (C=O) groups is 2. The summed E-state index contributed by atoms with van der Waals surface area (Å²) in [6.07, 6.45) is 58.4. The molecule has 3 atom stereocenters. The predicted octanol–water partition coefficient (Wildman–Crippen LogP) is 17.6. The van der Waals surface area contributed by atoms with Crippen LogP contribution in [0.1, 0.15) is 278 Å². The highest BCUT2D eigenvalue weighted by atomic mass is 31.2. The number of rotatable bonds is 53. The molecule has 0 aliphatic heterocycles. The van der Waals surface area contributed by atoms with Crippen molar-refractivity contribution in [3.05, 3.63) is 36.5 Å². The second-order valence-electron chi connectivity index (χ2n) is 21.2. The third-order valence-electron chi connectivity index (χ3n) is 13.1. The van der Waals surface area contributed by atoms with E-state index in [0.29, 0.717) is 17.4 Å². The number of hydrogen-bond acceptors (Lipinski definition) is 6. The molecule has 0 rings (SSSR count). The number of amides is 1. The molecular formula is C59H114N2O7P+. The van der Waals surface area contributed by atoms with E-state index >= 15 is 0 Å². The van der Waals surface area contributed by atoms with Crippen LogP contribution in [-0.2, 0) is 27.9 Å². The van der Waals surface area contributed by atoms with Gasteiger partial charge < -0.3 is 19.4 Å². The Kier molecular flexibility index (Phi) is 48.5. The first-order valence-electron chi connectivity index (χ1n) is 29.3. The van der Waals surface area contributed by atoms with Gasteiger partial charge in [0.15, 0.2) is 0 Å². The first kappa shape index (κ1) is 67.2. The summed E-state index contributed by atoms with van der Waals surface area (Å²) in [4.78, 5) is 37.6. The van der Waals surface area contributed by atoms with Gasteiger partial charge in [-0.25, -0.2) is 4.57 Å². The number of ether oxygens (including phenoxy) is 1. The van der Waals surface area contributed by atoms with Gasteiger partial charge in [-0.3, -0.25) is 18.6 Å². The van der Waals surface area contributed by atoms with Crippen molar-refractivity contribution in [2.45, 2.75) is 290 Å². The lowest BCUT2D eigenvalue weighted by atomic mass is 10.0. The number of phosphoric acid groups is 1. The van der Waals surface area contributed by atoms with Crippen LogP contribution in [0.15, 0.2) is 36.5 Å². The molecule has 2 N–H and O–H groups in total. The van der Waals surface area contributed by atoms with Gasteiger partial charge in [0, 0.05) is 12.8 Å². The van der Waals surface area contributed by atoms with Crippen LogP contribution in [0, 0.1) is 0 Å². The van der Waals surface area contributed by atoms with Crippen molar-refractivity contribution < 1.29 is 37.3 Å². The highest BCUT2D eigenvalue weighted by molar-refractivity contribution is 7.47. The van der Waals surface area contributed by atoms with E-state index in [9.17, 15) is 19.0 Å². The molecule has 0 aromatic rings. The zero-order chi connectivity index (χ0) is 50.8. The predicted molar refractivity (Wildman–Crippen MR) is 296 cm³/mol. The fourth-order valence-electron chi connectivity index (χ4n) is 8.52. The standard InChI is InChI=1S/C59H113N2O7P/c1-7-10-13-16-19-22-25-28-30-33-36-39-42-45-48-51-58(62)60-56(55-67-69(64,65)66-54-53-61(4,5)6)57(50-47-44-41-38-35-32-27-24-21-18-15-12-9-3)68-59(63)52-49-46-43-40-37-34-31-29-26-23-20-17-14-11-8-2/h20,23,26,29,47,50,56-57H,7-19,21-22,24-25,27-28,30-46,48-49,51-55H2,1-6H3,(H-,60,62,64,65)/p+1/b23-20+,29-26+,50-47+. The van der Waals surface area contributed by atoms with Gasteiger partial charge in [0.25, 0.3) is 0 Å². The van der Waals surface area contributed by atoms with Gasteiger partial charge in [0.1, 0.15) is 19.3 Å². The molecule has 0 aromatic carbocycles. The molecule has 69 heavy (non-hydrogen) atoms. The average Bonchev–Trinajstić information content (AvgIpc) is 3.31. The summed E-state index contributed by atoms with van der Waals surface area (Å²) in [5, 5.41) is 3.05. The van der Waals surface area contributed by atoms with E-state index in [-0.39, 0.29) is 31.5 Å². The monoisotopic (exact) mass is 994 g/mol. The SMILES string of the molecule is CCCCC/C=C/C=C/CCCCCCCCC(=O)OC(/C=C/CCCCCCCCCCCCC)C(COP(=O)(O)OCC[N+](C)(C)C)NC(=O)CCCCCCCCCCCCCCCCC. The second-order valence-corrected chi connectivity index (χ2v) is 22.7. The fourth-order valence-corrected chi connectivity index (χ4v) is 9.26. The first-order valence-corrected chi connectivity index (χ1v) is 30.8. The van der Waals surface area contributed by atoms with Gasteiger partial charge in [-0.15, -0.1) is 0 Å². The summed E-state index contributed by atoms with van der Waals surface area (Å²) in [5.41, 5.74) is 0. The van der Waals surface area contributed by atoms with Crippen molar-refractivity contribution in [3.8, 4) is 0 Å². The van der Waals surface area contributed by atoms with E-state index < -0.39 is 20.0 Å². The van der Waals surface area contributed by atoms with Crippen LogP contribution in [0.2, 0.25) is 0 Å². The maximum Gasteiger partial charge on any atom is 0.472 e. The minimum absolute atomic E-state index is 0.0404. The van der Waals surface area contributed by atoms with Crippen LogP contribution in [0.25, 0.3) is 0 Å². The molecule has 10 heteroatoms. The van der Waals surface area contributed by atoms with Crippen molar-refractivity contribution >= 4 is 19.7 Å². The number of phosphoric ester groups is 1. The Hall–Kier alpha value is -1.77. The molecule has 0 fully saturated rings. The lowest BCUT2D eigenvalue weighted by molar-refractivity contribution is -0.870. The zero-order valence-corrected chi connectivity index (χ0v) is 47.2. The third-order valence-corrected chi connectivity index (χ3v) is 14.1. The summed E-state index contributed by atoms with van der Waals surface area (Å²) in [7, 11) is 1.50. The van der Waals surface area contributed by atoms with Gasteiger partial charge in [0.05, 0.1) is 33.8 Å². The quantitative estimate of drug-likeness (QED) is 0.0156. The number of hydrogen-bond donors (Lipinski definition) is 2. The number of unbranched alkanes of at least 4 members (excludes halogenated alkanes) is 34. The molecule has 0 heterocycles. The summed E-state index contributed by atoms with van der Waals surface area (Å²) in [6, 6.07) is -0.848. The first-order chi connectivity index (χ1) is 33.4. The lowest BCUT2D eigenvalue weighted by Crippen LogP contribution is -2.47. The number of esters is 1. The van der Waals surface area contributed by atoms with E-state index in [1.807, 2.05) is 33.3 Å². The zero-order valence-electron chi connectivity index (χ0n) is 46.3. The number of likely N-dealkylation sites (N-methyl/N-ethyl adjacent to an activating group) is 1. The molecular weight excluding hydrogens is 880 g/mol. The Morgan fingerprint density at radius 1 is 0.507 bits per heavy atom. The minimum atomic E-state index is -4.44. The van der Waals surface area contributed by atoms with E-state index in [4.69, 9.17) is 13.8 Å². The van der Waals surface area contributed by atoms with Gasteiger partial charge in [-0.05, 0) is 57.4 Å². The van der Waals surface area contributed by atoms with Crippen LogP contribution >= 0.6 is 7.82 Å². The van der Waals surface area contributed by atoms with Crippen LogP contribution in [0.5, 0.6) is 0 Å². The van der Waals surface area contributed by atoms with Crippen molar-refractivity contribution in [2.75, 3.05) is 40.9 Å². The van der Waals surface area contributed by atoms with Crippen molar-refractivity contribution in [2.24, 2.45) is 0 Å². The van der Waals surface area contributed by atoms with Gasteiger partial charge >= 0.3 is 13.8 Å². The fraction of sp³-hybridized carbons (Fsp3) is 0.864. The van der Waals surface area contributed by atoms with E-state index in [2.05, 4.69) is 50.4 Å². The molecule has 3 unspecified atom stereocenters. The van der Waals surface area contributed by atoms with Crippen LogP contribution < -0.4 is 5.32 Å². The normalized spacial score (nSPS) is 14.0.